The summed E-state index contributed by atoms with van der Waals surface area (Å²) in [6, 6.07) is 0.175. The van der Waals surface area contributed by atoms with Gasteiger partial charge in [0.1, 0.15) is 6.04 Å². The van der Waals surface area contributed by atoms with Gasteiger partial charge in [0.15, 0.2) is 0 Å². The maximum atomic E-state index is 11.8. The smallest absolute Gasteiger partial charge is 0.318 e. The van der Waals surface area contributed by atoms with Gasteiger partial charge in [-0.25, -0.2) is 0 Å². The van der Waals surface area contributed by atoms with Crippen molar-refractivity contribution in [3.8, 4) is 0 Å². The standard InChI is InChI=1S/C12H21N5O3/c1-3-9-11(18)14-4-6-17(9)12-16-15-10(20-12)8-13-5-7-19-2/h9,13H,3-8H2,1-2H3,(H,14,18). The van der Waals surface area contributed by atoms with Crippen LogP contribution in [0.4, 0.5) is 6.01 Å². The lowest BCUT2D eigenvalue weighted by Crippen LogP contribution is -2.55. The van der Waals surface area contributed by atoms with Crippen LogP contribution in [-0.2, 0) is 16.1 Å². The lowest BCUT2D eigenvalue weighted by atomic mass is 10.1. The largest absolute Gasteiger partial charge is 0.407 e. The van der Waals surface area contributed by atoms with Crippen molar-refractivity contribution >= 4 is 11.9 Å². The van der Waals surface area contributed by atoms with Crippen molar-refractivity contribution in [2.45, 2.75) is 25.9 Å². The molecule has 1 aromatic heterocycles. The number of aromatic nitrogens is 2. The third kappa shape index (κ3) is 3.45. The average molecular weight is 283 g/mol. The molecular weight excluding hydrogens is 262 g/mol. The van der Waals surface area contributed by atoms with Crippen molar-refractivity contribution in [1.29, 1.82) is 0 Å². The summed E-state index contributed by atoms with van der Waals surface area (Å²) >= 11 is 0. The molecule has 1 aromatic rings. The summed E-state index contributed by atoms with van der Waals surface area (Å²) in [4.78, 5) is 13.7. The van der Waals surface area contributed by atoms with Crippen molar-refractivity contribution in [1.82, 2.24) is 20.8 Å². The number of ether oxygens (including phenoxy) is 1. The normalized spacial score (nSPS) is 19.2. The molecule has 1 saturated heterocycles. The van der Waals surface area contributed by atoms with Crippen LogP contribution in [0.2, 0.25) is 0 Å². The Morgan fingerprint density at radius 2 is 2.40 bits per heavy atom. The second kappa shape index (κ2) is 7.20. The van der Waals surface area contributed by atoms with Gasteiger partial charge in [-0.1, -0.05) is 12.0 Å². The van der Waals surface area contributed by atoms with Gasteiger partial charge in [-0.05, 0) is 6.42 Å². The molecule has 8 nitrogen and oxygen atoms in total. The van der Waals surface area contributed by atoms with E-state index in [9.17, 15) is 4.79 Å². The predicted molar refractivity (Wildman–Crippen MR) is 72.3 cm³/mol. The van der Waals surface area contributed by atoms with E-state index >= 15 is 0 Å². The van der Waals surface area contributed by atoms with Crippen molar-refractivity contribution in [2.75, 3.05) is 38.3 Å². The molecule has 1 aliphatic rings. The Morgan fingerprint density at radius 1 is 1.55 bits per heavy atom. The Morgan fingerprint density at radius 3 is 3.15 bits per heavy atom. The summed E-state index contributed by atoms with van der Waals surface area (Å²) in [6.07, 6.45) is 0.704. The monoisotopic (exact) mass is 283 g/mol. The third-order valence-electron chi connectivity index (χ3n) is 3.18. The van der Waals surface area contributed by atoms with E-state index in [1.165, 1.54) is 0 Å². The van der Waals surface area contributed by atoms with Crippen LogP contribution in [0.5, 0.6) is 0 Å². The minimum atomic E-state index is -0.237. The van der Waals surface area contributed by atoms with Crippen LogP contribution in [0.3, 0.4) is 0 Å². The first-order chi connectivity index (χ1) is 9.76. The summed E-state index contributed by atoms with van der Waals surface area (Å²) in [6.45, 7) is 5.09. The molecule has 0 aliphatic carbocycles. The number of nitrogens with one attached hydrogen (secondary N) is 2. The zero-order valence-electron chi connectivity index (χ0n) is 11.9. The molecule has 0 saturated carbocycles. The van der Waals surface area contributed by atoms with Gasteiger partial charge in [0.05, 0.1) is 13.2 Å². The summed E-state index contributed by atoms with van der Waals surface area (Å²) in [7, 11) is 1.65. The fourth-order valence-corrected chi connectivity index (χ4v) is 2.15. The molecule has 1 atom stereocenters. The summed E-state index contributed by atoms with van der Waals surface area (Å²) in [5.74, 6) is 0.522. The van der Waals surface area contributed by atoms with E-state index < -0.39 is 0 Å². The minimum Gasteiger partial charge on any atom is -0.407 e. The van der Waals surface area contributed by atoms with Crippen LogP contribution in [0.25, 0.3) is 0 Å². The van der Waals surface area contributed by atoms with Crippen molar-refractivity contribution in [3.05, 3.63) is 5.89 Å². The van der Waals surface area contributed by atoms with E-state index in [-0.39, 0.29) is 11.9 Å². The molecular formula is C12H21N5O3. The van der Waals surface area contributed by atoms with Crippen LogP contribution in [-0.4, -0.2) is 55.5 Å². The van der Waals surface area contributed by atoms with Crippen LogP contribution in [0.1, 0.15) is 19.2 Å². The molecule has 1 fully saturated rings. The van der Waals surface area contributed by atoms with Crippen molar-refractivity contribution < 1.29 is 13.9 Å². The maximum absolute atomic E-state index is 11.8. The third-order valence-corrected chi connectivity index (χ3v) is 3.18. The second-order valence-electron chi connectivity index (χ2n) is 4.56. The number of rotatable bonds is 7. The fraction of sp³-hybridized carbons (Fsp3) is 0.750. The number of piperazine rings is 1. The fourth-order valence-electron chi connectivity index (χ4n) is 2.15. The van der Waals surface area contributed by atoms with E-state index in [1.807, 2.05) is 11.8 Å². The topological polar surface area (TPSA) is 92.5 Å². The average Bonchev–Trinajstić information content (AvgIpc) is 2.92. The van der Waals surface area contributed by atoms with E-state index in [4.69, 9.17) is 9.15 Å². The van der Waals surface area contributed by atoms with E-state index in [1.54, 1.807) is 7.11 Å². The zero-order chi connectivity index (χ0) is 14.4. The molecule has 0 spiro atoms. The molecule has 0 bridgehead atoms. The van der Waals surface area contributed by atoms with Crippen LogP contribution in [0, 0.1) is 0 Å². The summed E-state index contributed by atoms with van der Waals surface area (Å²) in [5, 5.41) is 14.0. The summed E-state index contributed by atoms with van der Waals surface area (Å²) < 4.78 is 10.5. The van der Waals surface area contributed by atoms with E-state index in [0.717, 1.165) is 6.54 Å². The highest BCUT2D eigenvalue weighted by molar-refractivity contribution is 5.85. The van der Waals surface area contributed by atoms with E-state index in [0.29, 0.717) is 44.6 Å². The van der Waals surface area contributed by atoms with Gasteiger partial charge >= 0.3 is 6.01 Å². The number of carbonyl (C=O) groups excluding carboxylic acids is 1. The van der Waals surface area contributed by atoms with Crippen molar-refractivity contribution in [3.63, 3.8) is 0 Å². The molecule has 1 unspecified atom stereocenters. The van der Waals surface area contributed by atoms with Gasteiger partial charge in [0, 0.05) is 26.7 Å². The molecule has 2 rings (SSSR count). The first kappa shape index (κ1) is 14.7. The Labute approximate surface area is 117 Å². The van der Waals surface area contributed by atoms with Gasteiger partial charge in [0.2, 0.25) is 11.8 Å². The highest BCUT2D eigenvalue weighted by Crippen LogP contribution is 2.18. The van der Waals surface area contributed by atoms with Crippen molar-refractivity contribution in [2.24, 2.45) is 0 Å². The Bertz CT molecular complexity index is 436. The summed E-state index contributed by atoms with van der Waals surface area (Å²) in [5.41, 5.74) is 0. The lowest BCUT2D eigenvalue weighted by Gasteiger charge is -2.32. The quantitative estimate of drug-likeness (QED) is 0.653. The number of hydrogen-bond donors (Lipinski definition) is 2. The number of carbonyl (C=O) groups is 1. The molecule has 112 valence electrons. The zero-order valence-corrected chi connectivity index (χ0v) is 11.9. The maximum Gasteiger partial charge on any atom is 0.318 e. The molecule has 1 amide bonds. The molecule has 2 heterocycles. The molecule has 0 aromatic carbocycles. The van der Waals surface area contributed by atoms with Gasteiger partial charge < -0.3 is 24.7 Å². The minimum absolute atomic E-state index is 0.0109. The molecule has 20 heavy (non-hydrogen) atoms. The first-order valence-corrected chi connectivity index (χ1v) is 6.82. The van der Waals surface area contributed by atoms with Gasteiger partial charge in [-0.15, -0.1) is 5.10 Å². The van der Waals surface area contributed by atoms with Crippen LogP contribution in [0.15, 0.2) is 4.42 Å². The van der Waals surface area contributed by atoms with E-state index in [2.05, 4.69) is 20.8 Å². The number of hydrogen-bond acceptors (Lipinski definition) is 7. The van der Waals surface area contributed by atoms with Gasteiger partial charge in [-0.2, -0.15) is 0 Å². The van der Waals surface area contributed by atoms with Crippen LogP contribution < -0.4 is 15.5 Å². The number of methoxy groups -OCH3 is 1. The highest BCUT2D eigenvalue weighted by atomic mass is 16.5. The first-order valence-electron chi connectivity index (χ1n) is 6.82. The molecule has 0 radical (unpaired) electrons. The molecule has 1 aliphatic heterocycles. The van der Waals surface area contributed by atoms with Gasteiger partial charge in [-0.3, -0.25) is 4.79 Å². The number of anilines is 1. The molecule has 2 N–H and O–H groups in total. The van der Waals surface area contributed by atoms with Gasteiger partial charge in [0.25, 0.3) is 0 Å². The Hall–Kier alpha value is -1.67. The predicted octanol–water partition coefficient (Wildman–Crippen LogP) is -0.480. The lowest BCUT2D eigenvalue weighted by molar-refractivity contribution is -0.123. The molecule has 8 heteroatoms. The SMILES string of the molecule is CCC1C(=O)NCCN1c1nnc(CNCCOC)o1. The number of amides is 1. The van der Waals surface area contributed by atoms with Crippen LogP contribution >= 0.6 is 0 Å². The second-order valence-corrected chi connectivity index (χ2v) is 4.56. The Kier molecular flexibility index (Phi) is 5.31. The Balaban J connectivity index is 1.95. The highest BCUT2D eigenvalue weighted by Gasteiger charge is 2.31. The number of nitrogens with zero attached hydrogens (tertiary/aromatic N) is 3.